The Morgan fingerprint density at radius 3 is 1.36 bits per heavy atom. The third kappa shape index (κ3) is 5.80. The maximum Gasteiger partial charge on any atom is 0.164 e. The van der Waals surface area contributed by atoms with E-state index in [2.05, 4.69) is 109 Å². The molecule has 0 saturated heterocycles. The molecule has 2 aromatic heterocycles. The van der Waals surface area contributed by atoms with Crippen LogP contribution in [-0.2, 0) is 0 Å². The van der Waals surface area contributed by atoms with Crippen molar-refractivity contribution in [3.05, 3.63) is 182 Å². The highest BCUT2D eigenvalue weighted by Gasteiger charge is 2.15. The Balaban J connectivity index is 1.20. The molecule has 0 spiro atoms. The van der Waals surface area contributed by atoms with Gasteiger partial charge in [-0.2, -0.15) is 0 Å². The molecular weight excluding hydrogens is 609 g/mol. The molecule has 0 atom stereocenters. The van der Waals surface area contributed by atoms with Crippen LogP contribution in [0.25, 0.3) is 89.2 Å². The highest BCUT2D eigenvalue weighted by atomic mass is 15.0. The second-order valence-corrected chi connectivity index (χ2v) is 12.4. The standard InChI is InChI=1S/C46H30N4/c1-3-12-34(13-4-1)44-48-45(35-14-5-2-6-15-35)50-46(49-44)42-27-40(26-41(28-42)43-29-37-17-9-10-18-39(37)30-47-43)33-21-19-32(20-22-33)38-24-23-31-11-7-8-16-36(31)25-38/h1-30H. The van der Waals surface area contributed by atoms with Gasteiger partial charge in [0, 0.05) is 33.8 Å². The summed E-state index contributed by atoms with van der Waals surface area (Å²) in [6.45, 7) is 0. The Labute approximate surface area is 290 Å². The lowest BCUT2D eigenvalue weighted by Crippen LogP contribution is -2.00. The van der Waals surface area contributed by atoms with Crippen LogP contribution in [0, 0.1) is 0 Å². The summed E-state index contributed by atoms with van der Waals surface area (Å²) in [5, 5.41) is 4.72. The van der Waals surface area contributed by atoms with Crippen LogP contribution >= 0.6 is 0 Å². The molecule has 0 amide bonds. The minimum atomic E-state index is 0.606. The summed E-state index contributed by atoms with van der Waals surface area (Å²) in [5.41, 5.74) is 9.16. The van der Waals surface area contributed by atoms with Crippen molar-refractivity contribution in [1.82, 2.24) is 19.9 Å². The van der Waals surface area contributed by atoms with Gasteiger partial charge in [0.25, 0.3) is 0 Å². The van der Waals surface area contributed by atoms with E-state index in [0.717, 1.165) is 49.8 Å². The fourth-order valence-electron chi connectivity index (χ4n) is 6.47. The van der Waals surface area contributed by atoms with Crippen molar-refractivity contribution in [2.24, 2.45) is 0 Å². The molecule has 0 unspecified atom stereocenters. The fourth-order valence-corrected chi connectivity index (χ4v) is 6.47. The summed E-state index contributed by atoms with van der Waals surface area (Å²) in [5.74, 6) is 1.87. The second kappa shape index (κ2) is 12.7. The highest BCUT2D eigenvalue weighted by Crippen LogP contribution is 2.35. The van der Waals surface area contributed by atoms with Gasteiger partial charge in [-0.05, 0) is 68.7 Å². The van der Waals surface area contributed by atoms with Gasteiger partial charge in [0.2, 0.25) is 0 Å². The van der Waals surface area contributed by atoms with Crippen molar-refractivity contribution in [2.45, 2.75) is 0 Å². The number of aromatic nitrogens is 4. The smallest absolute Gasteiger partial charge is 0.164 e. The van der Waals surface area contributed by atoms with E-state index in [1.165, 1.54) is 21.9 Å². The summed E-state index contributed by atoms with van der Waals surface area (Å²) < 4.78 is 0. The van der Waals surface area contributed by atoms with Crippen LogP contribution in [-0.4, -0.2) is 19.9 Å². The van der Waals surface area contributed by atoms with Crippen molar-refractivity contribution in [3.63, 3.8) is 0 Å². The summed E-state index contributed by atoms with van der Waals surface area (Å²) in [7, 11) is 0. The van der Waals surface area contributed by atoms with E-state index in [1.54, 1.807) is 0 Å². The van der Waals surface area contributed by atoms with E-state index in [4.69, 9.17) is 19.9 Å². The molecule has 0 bridgehead atoms. The van der Waals surface area contributed by atoms with Crippen LogP contribution in [0.1, 0.15) is 0 Å². The number of benzene rings is 7. The van der Waals surface area contributed by atoms with Gasteiger partial charge in [-0.15, -0.1) is 0 Å². The quantitative estimate of drug-likeness (QED) is 0.182. The van der Waals surface area contributed by atoms with Gasteiger partial charge in [-0.3, -0.25) is 4.98 Å². The van der Waals surface area contributed by atoms with E-state index in [0.29, 0.717) is 17.5 Å². The van der Waals surface area contributed by atoms with Crippen molar-refractivity contribution < 1.29 is 0 Å². The van der Waals surface area contributed by atoms with Gasteiger partial charge < -0.3 is 0 Å². The molecule has 7 aromatic carbocycles. The van der Waals surface area contributed by atoms with E-state index >= 15 is 0 Å². The molecule has 0 N–H and O–H groups in total. The number of nitrogens with zero attached hydrogens (tertiary/aromatic N) is 4. The molecule has 0 aliphatic rings. The average molecular weight is 639 g/mol. The average Bonchev–Trinajstić information content (AvgIpc) is 3.21. The van der Waals surface area contributed by atoms with Gasteiger partial charge in [-0.25, -0.2) is 15.0 Å². The molecule has 234 valence electrons. The first kappa shape index (κ1) is 29.4. The minimum absolute atomic E-state index is 0.606. The zero-order chi connectivity index (χ0) is 33.3. The Bertz CT molecular complexity index is 2580. The molecule has 50 heavy (non-hydrogen) atoms. The van der Waals surface area contributed by atoms with Gasteiger partial charge in [-0.1, -0.05) is 146 Å². The molecule has 9 rings (SSSR count). The summed E-state index contributed by atoms with van der Waals surface area (Å²) in [6, 6.07) is 61.1. The Morgan fingerprint density at radius 2 is 0.720 bits per heavy atom. The monoisotopic (exact) mass is 638 g/mol. The third-order valence-electron chi connectivity index (χ3n) is 9.12. The molecule has 0 fully saturated rings. The van der Waals surface area contributed by atoms with Crippen molar-refractivity contribution in [3.8, 4) is 67.7 Å². The van der Waals surface area contributed by atoms with Crippen LogP contribution in [0.3, 0.4) is 0 Å². The largest absolute Gasteiger partial charge is 0.256 e. The lowest BCUT2D eigenvalue weighted by molar-refractivity contribution is 1.07. The van der Waals surface area contributed by atoms with Gasteiger partial charge in [0.1, 0.15) is 0 Å². The number of hydrogen-bond acceptors (Lipinski definition) is 4. The number of fused-ring (bicyclic) bond motifs is 2. The first-order chi connectivity index (χ1) is 24.7. The topological polar surface area (TPSA) is 51.6 Å². The molecule has 0 aliphatic carbocycles. The Morgan fingerprint density at radius 1 is 0.260 bits per heavy atom. The molecule has 0 radical (unpaired) electrons. The molecule has 2 heterocycles. The van der Waals surface area contributed by atoms with E-state index < -0.39 is 0 Å². The van der Waals surface area contributed by atoms with Crippen LogP contribution in [0.15, 0.2) is 182 Å². The molecule has 9 aromatic rings. The number of pyridine rings is 1. The number of hydrogen-bond donors (Lipinski definition) is 0. The SMILES string of the molecule is c1ccc(-c2nc(-c3ccccc3)nc(-c3cc(-c4ccc(-c5ccc6ccccc6c5)cc4)cc(-c4cc5ccccc5cn4)c3)n2)cc1. The predicted molar refractivity (Wildman–Crippen MR) is 205 cm³/mol. The Kier molecular flexibility index (Phi) is 7.45. The predicted octanol–water partition coefficient (Wildman–Crippen LogP) is 11.6. The van der Waals surface area contributed by atoms with E-state index in [-0.39, 0.29) is 0 Å². The fraction of sp³-hybridized carbons (Fsp3) is 0. The van der Waals surface area contributed by atoms with E-state index in [9.17, 15) is 0 Å². The maximum atomic E-state index is 5.05. The van der Waals surface area contributed by atoms with Crippen LogP contribution in [0.2, 0.25) is 0 Å². The number of rotatable bonds is 6. The first-order valence-corrected chi connectivity index (χ1v) is 16.7. The lowest BCUT2D eigenvalue weighted by atomic mass is 9.95. The van der Waals surface area contributed by atoms with Gasteiger partial charge >= 0.3 is 0 Å². The summed E-state index contributed by atoms with van der Waals surface area (Å²) in [6.07, 6.45) is 1.94. The minimum Gasteiger partial charge on any atom is -0.256 e. The van der Waals surface area contributed by atoms with E-state index in [1.807, 2.05) is 72.9 Å². The zero-order valence-electron chi connectivity index (χ0n) is 27.1. The zero-order valence-corrected chi connectivity index (χ0v) is 27.1. The Hall–Kier alpha value is -6.78. The van der Waals surface area contributed by atoms with Crippen molar-refractivity contribution in [2.75, 3.05) is 0 Å². The molecule has 4 nitrogen and oxygen atoms in total. The summed E-state index contributed by atoms with van der Waals surface area (Å²) >= 11 is 0. The van der Waals surface area contributed by atoms with Crippen LogP contribution < -0.4 is 0 Å². The lowest BCUT2D eigenvalue weighted by Gasteiger charge is -2.13. The second-order valence-electron chi connectivity index (χ2n) is 12.4. The van der Waals surface area contributed by atoms with Crippen LogP contribution in [0.4, 0.5) is 0 Å². The first-order valence-electron chi connectivity index (χ1n) is 16.7. The van der Waals surface area contributed by atoms with Crippen molar-refractivity contribution in [1.29, 1.82) is 0 Å². The molecule has 0 saturated carbocycles. The molecular formula is C46H30N4. The normalized spacial score (nSPS) is 11.2. The van der Waals surface area contributed by atoms with Gasteiger partial charge in [0.15, 0.2) is 17.5 Å². The maximum absolute atomic E-state index is 5.05. The highest BCUT2D eigenvalue weighted by molar-refractivity contribution is 5.89. The third-order valence-corrected chi connectivity index (χ3v) is 9.12. The summed E-state index contributed by atoms with van der Waals surface area (Å²) in [4.78, 5) is 19.9. The van der Waals surface area contributed by atoms with Gasteiger partial charge in [0.05, 0.1) is 5.69 Å². The van der Waals surface area contributed by atoms with Crippen molar-refractivity contribution >= 4 is 21.5 Å². The van der Waals surface area contributed by atoms with Crippen LogP contribution in [0.5, 0.6) is 0 Å². The molecule has 0 aliphatic heterocycles. The molecule has 4 heteroatoms.